The topological polar surface area (TPSA) is 67.8 Å². The van der Waals surface area contributed by atoms with E-state index in [2.05, 4.69) is 34.1 Å². The molecule has 0 aliphatic heterocycles. The second-order valence-electron chi connectivity index (χ2n) is 8.46. The molecule has 2 unspecified atom stereocenters. The predicted molar refractivity (Wildman–Crippen MR) is 108 cm³/mol. The Hall–Kier alpha value is -1.82. The summed E-state index contributed by atoms with van der Waals surface area (Å²) in [4.78, 5) is 26.5. The number of fused-ring (bicyclic) bond motifs is 2. The monoisotopic (exact) mass is 384 g/mol. The molecule has 1 N–H and O–H groups in total. The number of hydrogen-bond donors (Lipinski definition) is 1. The second kappa shape index (κ2) is 7.30. The Morgan fingerprint density at radius 3 is 2.74 bits per heavy atom. The molecule has 3 fully saturated rings. The average molecular weight is 385 g/mol. The minimum absolute atomic E-state index is 0.00640. The lowest BCUT2D eigenvalue weighted by atomic mass is 9.45. The van der Waals surface area contributed by atoms with Crippen LogP contribution in [-0.2, 0) is 6.42 Å². The molecule has 0 radical (unpaired) electrons. The molecule has 6 heteroatoms. The summed E-state index contributed by atoms with van der Waals surface area (Å²) in [5, 5.41) is 3.86. The third-order valence-corrected chi connectivity index (χ3v) is 7.89. The van der Waals surface area contributed by atoms with Crippen LogP contribution in [0.25, 0.3) is 10.8 Å². The summed E-state index contributed by atoms with van der Waals surface area (Å²) < 4.78 is 0. The van der Waals surface area contributed by atoms with Crippen LogP contribution in [0.5, 0.6) is 0 Å². The molecular formula is C21H28N4OS. The molecule has 27 heavy (non-hydrogen) atoms. The fraction of sp³-hybridized carbons (Fsp3) is 0.619. The van der Waals surface area contributed by atoms with Crippen molar-refractivity contribution in [3.63, 3.8) is 0 Å². The molecule has 2 bridgehead atoms. The molecular weight excluding hydrogens is 356 g/mol. The van der Waals surface area contributed by atoms with Crippen molar-refractivity contribution in [2.75, 3.05) is 6.54 Å². The van der Waals surface area contributed by atoms with Gasteiger partial charge in [-0.1, -0.05) is 20.8 Å². The number of hydrogen-bond acceptors (Lipinski definition) is 5. The lowest BCUT2D eigenvalue weighted by molar-refractivity contribution is -0.106. The predicted octanol–water partition coefficient (Wildman–Crippen LogP) is 4.35. The molecule has 5 nitrogen and oxygen atoms in total. The summed E-state index contributed by atoms with van der Waals surface area (Å²) in [5.74, 6) is 3.10. The fourth-order valence-electron chi connectivity index (χ4n) is 5.03. The fourth-order valence-corrected chi connectivity index (χ4v) is 6.05. The van der Waals surface area contributed by atoms with E-state index in [1.165, 1.54) is 30.6 Å². The number of nitrogens with zero attached hydrogens (tertiary/aromatic N) is 3. The summed E-state index contributed by atoms with van der Waals surface area (Å²) in [5.41, 5.74) is 1.34. The number of nitrogens with one attached hydrogen (secondary N) is 1. The standard InChI is InChI=1S/C21H28N4OS/c1-4-16-17(27-20(25-16)18-22-9-5-10-23-18)19(26)24-11-8-13-6-7-14-12-15(13)21(14,2)3/h5,9-10,13-15H,4,6-8,11-12H2,1-3H3,(H,24,26)/t13-,14?,15?/m0/s1. The Bertz CT molecular complexity index is 815. The summed E-state index contributed by atoms with van der Waals surface area (Å²) in [6.07, 6.45) is 9.29. The Balaban J connectivity index is 1.38. The van der Waals surface area contributed by atoms with Crippen molar-refractivity contribution in [2.24, 2.45) is 23.2 Å². The third-order valence-electron chi connectivity index (χ3n) is 6.80. The first-order chi connectivity index (χ1) is 13.0. The van der Waals surface area contributed by atoms with Gasteiger partial charge >= 0.3 is 0 Å². The van der Waals surface area contributed by atoms with Crippen molar-refractivity contribution in [2.45, 2.75) is 52.9 Å². The van der Waals surface area contributed by atoms with Gasteiger partial charge in [-0.2, -0.15) is 0 Å². The maximum Gasteiger partial charge on any atom is 0.263 e. The smallest absolute Gasteiger partial charge is 0.263 e. The number of aryl methyl sites for hydroxylation is 1. The molecule has 3 atom stereocenters. The van der Waals surface area contributed by atoms with E-state index >= 15 is 0 Å². The number of carbonyl (C=O) groups is 1. The van der Waals surface area contributed by atoms with Crippen LogP contribution < -0.4 is 5.32 Å². The number of thiazole rings is 1. The SMILES string of the molecule is CCc1nc(-c2ncccn2)sc1C(=O)NCC[C@@H]1CCC2CC1C2(C)C. The van der Waals surface area contributed by atoms with Crippen molar-refractivity contribution in [3.05, 3.63) is 29.0 Å². The van der Waals surface area contributed by atoms with Gasteiger partial charge in [0.25, 0.3) is 5.91 Å². The first-order valence-corrected chi connectivity index (χ1v) is 10.9. The first kappa shape index (κ1) is 18.5. The molecule has 144 valence electrons. The lowest BCUT2D eigenvalue weighted by Gasteiger charge is -2.60. The van der Waals surface area contributed by atoms with E-state index in [4.69, 9.17) is 0 Å². The van der Waals surface area contributed by atoms with Gasteiger partial charge in [-0.3, -0.25) is 4.79 Å². The Labute approximate surface area is 165 Å². The van der Waals surface area contributed by atoms with Crippen LogP contribution in [0.4, 0.5) is 0 Å². The van der Waals surface area contributed by atoms with Gasteiger partial charge in [-0.05, 0) is 61.3 Å². The van der Waals surface area contributed by atoms with E-state index < -0.39 is 0 Å². The number of carbonyl (C=O) groups excluding carboxylic acids is 1. The van der Waals surface area contributed by atoms with E-state index in [0.29, 0.717) is 21.1 Å². The number of aromatic nitrogens is 3. The zero-order chi connectivity index (χ0) is 19.0. The average Bonchev–Trinajstić information content (AvgIpc) is 3.13. The van der Waals surface area contributed by atoms with Crippen molar-refractivity contribution < 1.29 is 4.79 Å². The molecule has 0 spiro atoms. The van der Waals surface area contributed by atoms with Gasteiger partial charge in [0, 0.05) is 18.9 Å². The van der Waals surface area contributed by atoms with Crippen LogP contribution in [-0.4, -0.2) is 27.4 Å². The molecule has 1 amide bonds. The molecule has 2 aromatic heterocycles. The van der Waals surface area contributed by atoms with E-state index in [1.807, 2.05) is 6.92 Å². The summed E-state index contributed by atoms with van der Waals surface area (Å²) in [7, 11) is 0. The van der Waals surface area contributed by atoms with Crippen LogP contribution in [0.2, 0.25) is 0 Å². The van der Waals surface area contributed by atoms with Gasteiger partial charge in [-0.15, -0.1) is 11.3 Å². The van der Waals surface area contributed by atoms with Crippen LogP contribution in [0.15, 0.2) is 18.5 Å². The van der Waals surface area contributed by atoms with Crippen LogP contribution in [0, 0.1) is 23.2 Å². The van der Waals surface area contributed by atoms with Crippen molar-refractivity contribution in [3.8, 4) is 10.8 Å². The highest BCUT2D eigenvalue weighted by Crippen LogP contribution is 2.61. The first-order valence-electron chi connectivity index (χ1n) is 10.1. The normalized spacial score (nSPS) is 25.7. The highest BCUT2D eigenvalue weighted by Gasteiger charge is 2.53. The van der Waals surface area contributed by atoms with Crippen molar-refractivity contribution >= 4 is 17.2 Å². The second-order valence-corrected chi connectivity index (χ2v) is 9.46. The van der Waals surface area contributed by atoms with Crippen LogP contribution in [0.1, 0.15) is 61.8 Å². The molecule has 3 aliphatic rings. The van der Waals surface area contributed by atoms with Gasteiger partial charge in [0.15, 0.2) is 10.8 Å². The van der Waals surface area contributed by atoms with Crippen LogP contribution in [0.3, 0.4) is 0 Å². The maximum absolute atomic E-state index is 12.7. The molecule has 2 aromatic rings. The van der Waals surface area contributed by atoms with E-state index in [0.717, 1.165) is 42.8 Å². The molecule has 2 heterocycles. The maximum atomic E-state index is 12.7. The summed E-state index contributed by atoms with van der Waals surface area (Å²) >= 11 is 1.39. The molecule has 3 saturated carbocycles. The van der Waals surface area contributed by atoms with Gasteiger partial charge in [0.05, 0.1) is 5.69 Å². The zero-order valence-electron chi connectivity index (χ0n) is 16.4. The van der Waals surface area contributed by atoms with Gasteiger partial charge in [0.2, 0.25) is 0 Å². The minimum Gasteiger partial charge on any atom is -0.351 e. The van der Waals surface area contributed by atoms with Gasteiger partial charge < -0.3 is 5.32 Å². The Morgan fingerprint density at radius 2 is 2.07 bits per heavy atom. The Morgan fingerprint density at radius 1 is 1.30 bits per heavy atom. The highest BCUT2D eigenvalue weighted by atomic mass is 32.1. The lowest BCUT2D eigenvalue weighted by Crippen LogP contribution is -2.52. The molecule has 3 aliphatic carbocycles. The molecule has 0 aromatic carbocycles. The molecule has 0 saturated heterocycles. The van der Waals surface area contributed by atoms with Crippen LogP contribution >= 0.6 is 11.3 Å². The van der Waals surface area contributed by atoms with Crippen molar-refractivity contribution in [1.29, 1.82) is 0 Å². The van der Waals surface area contributed by atoms with E-state index in [-0.39, 0.29) is 5.91 Å². The van der Waals surface area contributed by atoms with E-state index in [9.17, 15) is 4.79 Å². The van der Waals surface area contributed by atoms with Crippen molar-refractivity contribution in [1.82, 2.24) is 20.3 Å². The highest BCUT2D eigenvalue weighted by molar-refractivity contribution is 7.17. The minimum atomic E-state index is -0.00640. The van der Waals surface area contributed by atoms with Gasteiger partial charge in [0.1, 0.15) is 4.88 Å². The largest absolute Gasteiger partial charge is 0.351 e. The summed E-state index contributed by atoms with van der Waals surface area (Å²) in [6.45, 7) is 7.63. The quantitative estimate of drug-likeness (QED) is 0.804. The number of rotatable bonds is 6. The third kappa shape index (κ3) is 3.40. The Kier molecular flexibility index (Phi) is 5.01. The molecule has 5 rings (SSSR count). The number of amides is 1. The van der Waals surface area contributed by atoms with E-state index in [1.54, 1.807) is 18.5 Å². The zero-order valence-corrected chi connectivity index (χ0v) is 17.2. The summed E-state index contributed by atoms with van der Waals surface area (Å²) in [6, 6.07) is 1.78. The van der Waals surface area contributed by atoms with Gasteiger partial charge in [-0.25, -0.2) is 15.0 Å².